The van der Waals surface area contributed by atoms with Crippen molar-refractivity contribution in [2.24, 2.45) is 10.9 Å². The summed E-state index contributed by atoms with van der Waals surface area (Å²) in [5.41, 5.74) is 0. The molecule has 2 heterocycles. The molecule has 0 bridgehead atoms. The highest BCUT2D eigenvalue weighted by Gasteiger charge is 2.27. The zero-order valence-electron chi connectivity index (χ0n) is 16.8. The number of likely N-dealkylation sites (N-methyl/N-ethyl adjacent to an activating group) is 1. The van der Waals surface area contributed by atoms with E-state index in [0.717, 1.165) is 45.4 Å². The monoisotopic (exact) mass is 353 g/mol. The summed E-state index contributed by atoms with van der Waals surface area (Å²) in [6.07, 6.45) is 5.03. The molecule has 2 atom stereocenters. The molecule has 0 aromatic rings. The van der Waals surface area contributed by atoms with E-state index in [1.54, 1.807) is 0 Å². The van der Waals surface area contributed by atoms with Crippen LogP contribution in [0.1, 0.15) is 39.5 Å². The minimum Gasteiger partial charge on any atom is -0.379 e. The highest BCUT2D eigenvalue weighted by atomic mass is 16.5. The van der Waals surface area contributed by atoms with E-state index in [1.165, 1.54) is 32.2 Å². The van der Waals surface area contributed by atoms with Crippen molar-refractivity contribution in [1.82, 2.24) is 20.4 Å². The van der Waals surface area contributed by atoms with Gasteiger partial charge in [-0.15, -0.1) is 0 Å². The maximum Gasteiger partial charge on any atom is 0.191 e. The number of nitrogens with one attached hydrogen (secondary N) is 2. The number of nitrogens with zero attached hydrogens (tertiary/aromatic N) is 3. The van der Waals surface area contributed by atoms with Gasteiger partial charge in [0, 0.05) is 45.3 Å². The smallest absolute Gasteiger partial charge is 0.191 e. The molecule has 6 nitrogen and oxygen atoms in total. The Morgan fingerprint density at radius 1 is 1.16 bits per heavy atom. The van der Waals surface area contributed by atoms with Crippen LogP contribution in [0.5, 0.6) is 0 Å². The lowest BCUT2D eigenvalue weighted by Gasteiger charge is -2.39. The second kappa shape index (κ2) is 11.0. The molecular formula is C19H39N5O. The first kappa shape index (κ1) is 20.5. The van der Waals surface area contributed by atoms with Gasteiger partial charge in [0.15, 0.2) is 5.96 Å². The first-order valence-corrected chi connectivity index (χ1v) is 10.2. The van der Waals surface area contributed by atoms with Crippen molar-refractivity contribution in [3.63, 3.8) is 0 Å². The van der Waals surface area contributed by atoms with E-state index in [9.17, 15) is 0 Å². The lowest BCUT2D eigenvalue weighted by atomic mass is 9.92. The molecule has 0 aromatic heterocycles. The Bertz CT molecular complexity index is 393. The van der Waals surface area contributed by atoms with Crippen molar-refractivity contribution in [2.45, 2.75) is 51.6 Å². The maximum absolute atomic E-state index is 5.55. The summed E-state index contributed by atoms with van der Waals surface area (Å²) in [5.74, 6) is 1.65. The molecule has 2 aliphatic heterocycles. The molecule has 0 amide bonds. The van der Waals surface area contributed by atoms with Crippen LogP contribution in [0.4, 0.5) is 0 Å². The third-order valence-corrected chi connectivity index (χ3v) is 5.99. The number of rotatable bonds is 8. The normalized spacial score (nSPS) is 24.7. The SMILES string of the molecule is CCC(CC)C(CNC(=NC)NCC1CCCN1C)N1CCOCC1. The van der Waals surface area contributed by atoms with Gasteiger partial charge in [0.2, 0.25) is 0 Å². The lowest BCUT2D eigenvalue weighted by molar-refractivity contribution is 0.00272. The summed E-state index contributed by atoms with van der Waals surface area (Å²) in [6, 6.07) is 1.18. The predicted molar refractivity (Wildman–Crippen MR) is 105 cm³/mol. The van der Waals surface area contributed by atoms with Crippen LogP contribution < -0.4 is 10.6 Å². The first-order valence-electron chi connectivity index (χ1n) is 10.2. The second-order valence-electron chi connectivity index (χ2n) is 7.40. The standard InChI is InChI=1S/C19H39N5O/c1-5-16(6-2)18(24-10-12-25-13-11-24)15-22-19(20-3)21-14-17-8-7-9-23(17)4/h16-18H,5-15H2,1-4H3,(H2,20,21,22). The van der Waals surface area contributed by atoms with Gasteiger partial charge >= 0.3 is 0 Å². The summed E-state index contributed by atoms with van der Waals surface area (Å²) in [6.45, 7) is 11.6. The van der Waals surface area contributed by atoms with Gasteiger partial charge in [0.05, 0.1) is 13.2 Å². The topological polar surface area (TPSA) is 52.1 Å². The van der Waals surface area contributed by atoms with E-state index in [-0.39, 0.29) is 0 Å². The van der Waals surface area contributed by atoms with Crippen LogP contribution in [0.2, 0.25) is 0 Å². The molecule has 0 spiro atoms. The zero-order chi connectivity index (χ0) is 18.1. The number of likely N-dealkylation sites (tertiary alicyclic amines) is 1. The van der Waals surface area contributed by atoms with Crippen molar-refractivity contribution in [3.8, 4) is 0 Å². The predicted octanol–water partition coefficient (Wildman–Crippen LogP) is 1.38. The molecule has 6 heteroatoms. The van der Waals surface area contributed by atoms with Crippen LogP contribution in [-0.2, 0) is 4.74 Å². The summed E-state index contributed by atoms with van der Waals surface area (Å²) in [5, 5.41) is 7.12. The Labute approximate surface area is 154 Å². The van der Waals surface area contributed by atoms with E-state index >= 15 is 0 Å². The van der Waals surface area contributed by atoms with Crippen LogP contribution in [-0.4, -0.2) is 87.9 Å². The van der Waals surface area contributed by atoms with Gasteiger partial charge in [-0.2, -0.15) is 0 Å². The minimum absolute atomic E-state index is 0.548. The summed E-state index contributed by atoms with van der Waals surface area (Å²) in [7, 11) is 4.09. The molecule has 2 unspecified atom stereocenters. The highest BCUT2D eigenvalue weighted by molar-refractivity contribution is 5.79. The fraction of sp³-hybridized carbons (Fsp3) is 0.947. The lowest BCUT2D eigenvalue weighted by Crippen LogP contribution is -2.54. The summed E-state index contributed by atoms with van der Waals surface area (Å²) < 4.78 is 5.55. The maximum atomic E-state index is 5.55. The first-order chi connectivity index (χ1) is 12.2. The van der Waals surface area contributed by atoms with Gasteiger partial charge in [0.1, 0.15) is 0 Å². The summed E-state index contributed by atoms with van der Waals surface area (Å²) in [4.78, 5) is 9.48. The summed E-state index contributed by atoms with van der Waals surface area (Å²) >= 11 is 0. The third-order valence-electron chi connectivity index (χ3n) is 5.99. The third kappa shape index (κ3) is 6.12. The van der Waals surface area contributed by atoms with Crippen LogP contribution in [0, 0.1) is 5.92 Å². The highest BCUT2D eigenvalue weighted by Crippen LogP contribution is 2.19. The average Bonchev–Trinajstić information content (AvgIpc) is 3.06. The molecule has 2 aliphatic rings. The average molecular weight is 354 g/mol. The second-order valence-corrected chi connectivity index (χ2v) is 7.40. The fourth-order valence-electron chi connectivity index (χ4n) is 4.21. The van der Waals surface area contributed by atoms with Crippen molar-refractivity contribution in [2.75, 3.05) is 60.0 Å². The molecule has 0 aliphatic carbocycles. The molecule has 2 N–H and O–H groups in total. The quantitative estimate of drug-likeness (QED) is 0.510. The van der Waals surface area contributed by atoms with Crippen LogP contribution >= 0.6 is 0 Å². The van der Waals surface area contributed by atoms with E-state index in [1.807, 2.05) is 7.05 Å². The number of aliphatic imine (C=N–C) groups is 1. The Morgan fingerprint density at radius 2 is 1.88 bits per heavy atom. The van der Waals surface area contributed by atoms with Gasteiger partial charge in [0.25, 0.3) is 0 Å². The largest absolute Gasteiger partial charge is 0.379 e. The van der Waals surface area contributed by atoms with Gasteiger partial charge in [-0.25, -0.2) is 0 Å². The van der Waals surface area contributed by atoms with Crippen molar-refractivity contribution in [1.29, 1.82) is 0 Å². The zero-order valence-corrected chi connectivity index (χ0v) is 16.8. The van der Waals surface area contributed by atoms with Gasteiger partial charge in [-0.1, -0.05) is 26.7 Å². The number of ether oxygens (including phenoxy) is 1. The number of hydrogen-bond acceptors (Lipinski definition) is 4. The molecule has 2 rings (SSSR count). The van der Waals surface area contributed by atoms with Crippen LogP contribution in [0.3, 0.4) is 0 Å². The number of guanidine groups is 1. The minimum atomic E-state index is 0.548. The Kier molecular flexibility index (Phi) is 8.99. The molecule has 0 aromatic carbocycles. The Balaban J connectivity index is 1.85. The van der Waals surface area contributed by atoms with Gasteiger partial charge in [-0.05, 0) is 32.4 Å². The van der Waals surface area contributed by atoms with Crippen LogP contribution in [0.25, 0.3) is 0 Å². The van der Waals surface area contributed by atoms with Crippen LogP contribution in [0.15, 0.2) is 4.99 Å². The van der Waals surface area contributed by atoms with E-state index in [0.29, 0.717) is 18.0 Å². The molecule has 2 fully saturated rings. The Morgan fingerprint density at radius 3 is 2.44 bits per heavy atom. The number of morpholine rings is 1. The molecular weight excluding hydrogens is 314 g/mol. The van der Waals surface area contributed by atoms with Gasteiger partial charge < -0.3 is 20.3 Å². The van der Waals surface area contributed by atoms with E-state index < -0.39 is 0 Å². The fourth-order valence-corrected chi connectivity index (χ4v) is 4.21. The van der Waals surface area contributed by atoms with E-state index in [2.05, 4.69) is 46.3 Å². The van der Waals surface area contributed by atoms with Crippen molar-refractivity contribution in [3.05, 3.63) is 0 Å². The molecule has 25 heavy (non-hydrogen) atoms. The molecule has 0 radical (unpaired) electrons. The molecule has 0 saturated carbocycles. The molecule has 2 saturated heterocycles. The molecule has 146 valence electrons. The number of hydrogen-bond donors (Lipinski definition) is 2. The van der Waals surface area contributed by atoms with Crippen molar-refractivity contribution < 1.29 is 4.74 Å². The Hall–Kier alpha value is -0.850. The van der Waals surface area contributed by atoms with Crippen molar-refractivity contribution >= 4 is 5.96 Å². The van der Waals surface area contributed by atoms with E-state index in [4.69, 9.17) is 4.74 Å². The van der Waals surface area contributed by atoms with Gasteiger partial charge in [-0.3, -0.25) is 9.89 Å².